The standard InChI is InChI=1S/C7H11F2NO2/c8-7(9)5-1-2-10(3-5)4-6(11)12/h5,7H,1-4H2,(H,11,12)/t5-/m1/s1. The van der Waals surface area contributed by atoms with Gasteiger partial charge in [0.1, 0.15) is 0 Å². The second-order valence-electron chi connectivity index (χ2n) is 3.01. The molecule has 0 bridgehead atoms. The highest BCUT2D eigenvalue weighted by atomic mass is 19.3. The molecule has 1 heterocycles. The quantitative estimate of drug-likeness (QED) is 0.691. The van der Waals surface area contributed by atoms with Crippen LogP contribution in [-0.4, -0.2) is 42.0 Å². The molecule has 0 amide bonds. The van der Waals surface area contributed by atoms with Crippen LogP contribution in [0.5, 0.6) is 0 Å². The molecule has 0 aromatic heterocycles. The summed E-state index contributed by atoms with van der Waals surface area (Å²) in [4.78, 5) is 11.7. The Bertz CT molecular complexity index is 175. The van der Waals surface area contributed by atoms with Crippen molar-refractivity contribution in [3.05, 3.63) is 0 Å². The van der Waals surface area contributed by atoms with E-state index in [-0.39, 0.29) is 13.1 Å². The molecule has 0 aliphatic carbocycles. The van der Waals surface area contributed by atoms with E-state index in [1.54, 1.807) is 4.90 Å². The molecule has 1 N–H and O–H groups in total. The van der Waals surface area contributed by atoms with E-state index in [1.807, 2.05) is 0 Å². The van der Waals surface area contributed by atoms with Gasteiger partial charge in [-0.25, -0.2) is 8.78 Å². The Hall–Kier alpha value is -0.710. The number of hydrogen-bond acceptors (Lipinski definition) is 2. The third-order valence-corrected chi connectivity index (χ3v) is 2.02. The molecule has 1 rings (SSSR count). The van der Waals surface area contributed by atoms with Gasteiger partial charge in [0.05, 0.1) is 6.54 Å². The van der Waals surface area contributed by atoms with E-state index >= 15 is 0 Å². The Kier molecular flexibility index (Phi) is 2.97. The van der Waals surface area contributed by atoms with Gasteiger partial charge in [0.15, 0.2) is 0 Å². The average molecular weight is 179 g/mol. The van der Waals surface area contributed by atoms with Crippen molar-refractivity contribution in [1.29, 1.82) is 0 Å². The van der Waals surface area contributed by atoms with Gasteiger partial charge in [-0.05, 0) is 13.0 Å². The van der Waals surface area contributed by atoms with E-state index in [0.717, 1.165) is 0 Å². The molecule has 5 heteroatoms. The van der Waals surface area contributed by atoms with Gasteiger partial charge in [-0.2, -0.15) is 0 Å². The third-order valence-electron chi connectivity index (χ3n) is 2.02. The molecule has 70 valence electrons. The minimum absolute atomic E-state index is 0.122. The maximum absolute atomic E-state index is 12.1. The van der Waals surface area contributed by atoms with Gasteiger partial charge in [-0.15, -0.1) is 0 Å². The molecule has 0 spiro atoms. The summed E-state index contributed by atoms with van der Waals surface area (Å²) in [5.41, 5.74) is 0. The van der Waals surface area contributed by atoms with Crippen molar-refractivity contribution in [3.63, 3.8) is 0 Å². The summed E-state index contributed by atoms with van der Waals surface area (Å²) in [6.07, 6.45) is -1.91. The van der Waals surface area contributed by atoms with Gasteiger partial charge in [-0.3, -0.25) is 9.69 Å². The second kappa shape index (κ2) is 3.80. The lowest BCUT2D eigenvalue weighted by Crippen LogP contribution is -2.28. The molecule has 0 saturated carbocycles. The fourth-order valence-corrected chi connectivity index (χ4v) is 1.40. The van der Waals surface area contributed by atoms with Crippen molar-refractivity contribution in [1.82, 2.24) is 4.90 Å². The average Bonchev–Trinajstić information content (AvgIpc) is 2.34. The first kappa shape index (κ1) is 9.38. The maximum atomic E-state index is 12.1. The number of alkyl halides is 2. The zero-order valence-electron chi connectivity index (χ0n) is 6.54. The zero-order valence-corrected chi connectivity index (χ0v) is 6.54. The Morgan fingerprint density at radius 2 is 2.33 bits per heavy atom. The van der Waals surface area contributed by atoms with Crippen molar-refractivity contribution >= 4 is 5.97 Å². The lowest BCUT2D eigenvalue weighted by molar-refractivity contribution is -0.138. The lowest BCUT2D eigenvalue weighted by atomic mass is 10.1. The van der Waals surface area contributed by atoms with Gasteiger partial charge in [0.2, 0.25) is 6.43 Å². The first-order valence-electron chi connectivity index (χ1n) is 3.82. The molecule has 0 aromatic carbocycles. The number of aliphatic carboxylic acids is 1. The van der Waals surface area contributed by atoms with Gasteiger partial charge in [0.25, 0.3) is 0 Å². The molecule has 0 unspecified atom stereocenters. The number of hydrogen-bond donors (Lipinski definition) is 1. The van der Waals surface area contributed by atoms with E-state index in [4.69, 9.17) is 5.11 Å². The number of carboxylic acid groups (broad SMARTS) is 1. The molecule has 0 aromatic rings. The number of carbonyl (C=O) groups is 1. The molecular weight excluding hydrogens is 168 g/mol. The summed E-state index contributed by atoms with van der Waals surface area (Å²) in [7, 11) is 0. The Labute approximate surface area is 69.0 Å². The Balaban J connectivity index is 2.30. The highest BCUT2D eigenvalue weighted by Gasteiger charge is 2.29. The highest BCUT2D eigenvalue weighted by Crippen LogP contribution is 2.21. The van der Waals surface area contributed by atoms with E-state index in [9.17, 15) is 13.6 Å². The van der Waals surface area contributed by atoms with Crippen LogP contribution in [0.4, 0.5) is 8.78 Å². The van der Waals surface area contributed by atoms with Gasteiger partial charge in [-0.1, -0.05) is 0 Å². The number of nitrogens with zero attached hydrogens (tertiary/aromatic N) is 1. The Morgan fingerprint density at radius 1 is 1.67 bits per heavy atom. The van der Waals surface area contributed by atoms with E-state index in [1.165, 1.54) is 0 Å². The smallest absolute Gasteiger partial charge is 0.317 e. The van der Waals surface area contributed by atoms with Crippen molar-refractivity contribution < 1.29 is 18.7 Å². The van der Waals surface area contributed by atoms with Gasteiger partial charge in [0, 0.05) is 12.5 Å². The van der Waals surface area contributed by atoms with Crippen LogP contribution in [0.25, 0.3) is 0 Å². The van der Waals surface area contributed by atoms with Crippen LogP contribution in [0.1, 0.15) is 6.42 Å². The fraction of sp³-hybridized carbons (Fsp3) is 0.857. The summed E-state index contributed by atoms with van der Waals surface area (Å²) in [6.45, 7) is 0.564. The SMILES string of the molecule is O=C(O)CN1CC[C@@H](C(F)F)C1. The van der Waals surface area contributed by atoms with Crippen LogP contribution in [0.3, 0.4) is 0 Å². The summed E-state index contributed by atoms with van der Waals surface area (Å²) in [5.74, 6) is -1.59. The first-order chi connectivity index (χ1) is 5.59. The normalized spacial score (nSPS) is 25.1. The number of halogens is 2. The maximum Gasteiger partial charge on any atom is 0.317 e. The van der Waals surface area contributed by atoms with Crippen molar-refractivity contribution in [3.8, 4) is 0 Å². The molecule has 1 aliphatic heterocycles. The number of carboxylic acids is 1. The largest absolute Gasteiger partial charge is 0.480 e. The molecule has 1 fully saturated rings. The van der Waals surface area contributed by atoms with Crippen LogP contribution < -0.4 is 0 Å². The monoisotopic (exact) mass is 179 g/mol. The third kappa shape index (κ3) is 2.41. The predicted molar refractivity (Wildman–Crippen MR) is 38.2 cm³/mol. The highest BCUT2D eigenvalue weighted by molar-refractivity contribution is 5.69. The summed E-state index contributed by atoms with van der Waals surface area (Å²) in [6, 6.07) is 0. The summed E-state index contributed by atoms with van der Waals surface area (Å²) in [5, 5.41) is 8.37. The van der Waals surface area contributed by atoms with E-state index in [0.29, 0.717) is 13.0 Å². The van der Waals surface area contributed by atoms with E-state index < -0.39 is 18.3 Å². The molecule has 1 atom stereocenters. The van der Waals surface area contributed by atoms with E-state index in [2.05, 4.69) is 0 Å². The van der Waals surface area contributed by atoms with Crippen molar-refractivity contribution in [2.24, 2.45) is 5.92 Å². The van der Waals surface area contributed by atoms with Crippen LogP contribution in [-0.2, 0) is 4.79 Å². The lowest BCUT2D eigenvalue weighted by Gasteiger charge is -2.12. The number of rotatable bonds is 3. The predicted octanol–water partition coefficient (Wildman–Crippen LogP) is 0.658. The van der Waals surface area contributed by atoms with Crippen molar-refractivity contribution in [2.75, 3.05) is 19.6 Å². The first-order valence-corrected chi connectivity index (χ1v) is 3.82. The van der Waals surface area contributed by atoms with Crippen LogP contribution in [0.2, 0.25) is 0 Å². The molecular formula is C7H11F2NO2. The molecule has 0 radical (unpaired) electrons. The topological polar surface area (TPSA) is 40.5 Å². The van der Waals surface area contributed by atoms with Crippen LogP contribution in [0.15, 0.2) is 0 Å². The Morgan fingerprint density at radius 3 is 2.75 bits per heavy atom. The van der Waals surface area contributed by atoms with Crippen LogP contribution >= 0.6 is 0 Å². The summed E-state index contributed by atoms with van der Waals surface area (Å²) >= 11 is 0. The molecule has 12 heavy (non-hydrogen) atoms. The van der Waals surface area contributed by atoms with Crippen LogP contribution in [0, 0.1) is 5.92 Å². The molecule has 3 nitrogen and oxygen atoms in total. The van der Waals surface area contributed by atoms with Crippen molar-refractivity contribution in [2.45, 2.75) is 12.8 Å². The molecule has 1 saturated heterocycles. The minimum atomic E-state index is -2.32. The second-order valence-corrected chi connectivity index (χ2v) is 3.01. The van der Waals surface area contributed by atoms with Gasteiger partial charge < -0.3 is 5.11 Å². The molecule has 1 aliphatic rings. The fourth-order valence-electron chi connectivity index (χ4n) is 1.40. The zero-order chi connectivity index (χ0) is 9.14. The summed E-state index contributed by atoms with van der Waals surface area (Å²) < 4.78 is 24.2. The number of likely N-dealkylation sites (tertiary alicyclic amines) is 1. The van der Waals surface area contributed by atoms with Gasteiger partial charge >= 0.3 is 5.97 Å². The minimum Gasteiger partial charge on any atom is -0.480 e.